The molecule has 1 unspecified atom stereocenters. The van der Waals surface area contributed by atoms with Gasteiger partial charge in [0.2, 0.25) is 15.9 Å². The van der Waals surface area contributed by atoms with Gasteiger partial charge in [-0.25, -0.2) is 8.42 Å². The summed E-state index contributed by atoms with van der Waals surface area (Å²) in [5.41, 5.74) is 0.745. The molecule has 0 bridgehead atoms. The molecule has 1 N–H and O–H groups in total. The second kappa shape index (κ2) is 7.23. The van der Waals surface area contributed by atoms with E-state index in [9.17, 15) is 13.2 Å². The number of piperidine rings is 1. The Morgan fingerprint density at radius 1 is 1.12 bits per heavy atom. The van der Waals surface area contributed by atoms with Crippen LogP contribution in [0.1, 0.15) is 44.1 Å². The molecule has 1 saturated carbocycles. The summed E-state index contributed by atoms with van der Waals surface area (Å²) in [5.74, 6) is -0.218. The van der Waals surface area contributed by atoms with Gasteiger partial charge in [0.15, 0.2) is 0 Å². The minimum Gasteiger partial charge on any atom is -0.353 e. The molecule has 1 saturated heterocycles. The summed E-state index contributed by atoms with van der Waals surface area (Å²) in [6, 6.07) is 7.31. The zero-order valence-electron chi connectivity index (χ0n) is 14.2. The van der Waals surface area contributed by atoms with Crippen molar-refractivity contribution in [1.29, 1.82) is 0 Å². The highest BCUT2D eigenvalue weighted by molar-refractivity contribution is 7.89. The predicted molar refractivity (Wildman–Crippen MR) is 93.1 cm³/mol. The van der Waals surface area contributed by atoms with Crippen molar-refractivity contribution in [3.63, 3.8) is 0 Å². The molecule has 5 nitrogen and oxygen atoms in total. The number of hydrogen-bond acceptors (Lipinski definition) is 3. The smallest absolute Gasteiger partial charge is 0.243 e. The summed E-state index contributed by atoms with van der Waals surface area (Å²) < 4.78 is 27.3. The normalized spacial score (nSPS) is 23.3. The minimum absolute atomic E-state index is 0.0200. The van der Waals surface area contributed by atoms with E-state index in [1.54, 1.807) is 25.1 Å². The zero-order valence-corrected chi connectivity index (χ0v) is 15.0. The first-order chi connectivity index (χ1) is 11.5. The van der Waals surface area contributed by atoms with Crippen LogP contribution < -0.4 is 5.32 Å². The molecule has 1 aromatic rings. The Morgan fingerprint density at radius 3 is 2.54 bits per heavy atom. The van der Waals surface area contributed by atoms with Crippen molar-refractivity contribution < 1.29 is 13.2 Å². The van der Waals surface area contributed by atoms with Crippen LogP contribution in [0.15, 0.2) is 29.2 Å². The van der Waals surface area contributed by atoms with Crippen LogP contribution in [-0.2, 0) is 14.8 Å². The Hall–Kier alpha value is -1.40. The average Bonchev–Trinajstić information content (AvgIpc) is 3.08. The van der Waals surface area contributed by atoms with E-state index in [0.29, 0.717) is 11.4 Å². The van der Waals surface area contributed by atoms with Gasteiger partial charge >= 0.3 is 0 Å². The largest absolute Gasteiger partial charge is 0.353 e. The van der Waals surface area contributed by atoms with Crippen LogP contribution in [0.2, 0.25) is 0 Å². The number of sulfonamides is 1. The van der Waals surface area contributed by atoms with Crippen molar-refractivity contribution in [3.8, 4) is 0 Å². The molecule has 1 aliphatic carbocycles. The average molecular weight is 350 g/mol. The van der Waals surface area contributed by atoms with Crippen molar-refractivity contribution in [2.75, 3.05) is 13.1 Å². The summed E-state index contributed by atoms with van der Waals surface area (Å²) in [4.78, 5) is 12.8. The Labute approximate surface area is 144 Å². The van der Waals surface area contributed by atoms with Crippen molar-refractivity contribution in [2.45, 2.75) is 56.4 Å². The van der Waals surface area contributed by atoms with Gasteiger partial charge in [-0.2, -0.15) is 4.31 Å². The van der Waals surface area contributed by atoms with Gasteiger partial charge in [0.05, 0.1) is 10.8 Å². The SMILES string of the molecule is Cc1ccccc1S(=O)(=O)N1CCCC(C(=O)NC2CCCC2)C1. The topological polar surface area (TPSA) is 66.5 Å². The van der Waals surface area contributed by atoms with Crippen LogP contribution in [0.4, 0.5) is 0 Å². The number of carbonyl (C=O) groups excluding carboxylic acids is 1. The van der Waals surface area contributed by atoms with E-state index in [4.69, 9.17) is 0 Å². The van der Waals surface area contributed by atoms with Crippen molar-refractivity contribution in [3.05, 3.63) is 29.8 Å². The molecule has 3 rings (SSSR count). The van der Waals surface area contributed by atoms with Crippen LogP contribution in [0.3, 0.4) is 0 Å². The van der Waals surface area contributed by atoms with Crippen molar-refractivity contribution in [1.82, 2.24) is 9.62 Å². The molecule has 1 atom stereocenters. The lowest BCUT2D eigenvalue weighted by Gasteiger charge is -2.32. The molecule has 1 aliphatic heterocycles. The second-order valence-corrected chi connectivity index (χ2v) is 8.86. The van der Waals surface area contributed by atoms with Crippen LogP contribution in [-0.4, -0.2) is 37.8 Å². The van der Waals surface area contributed by atoms with Crippen molar-refractivity contribution in [2.24, 2.45) is 5.92 Å². The van der Waals surface area contributed by atoms with E-state index in [-0.39, 0.29) is 24.4 Å². The number of aryl methyl sites for hydroxylation is 1. The molecule has 132 valence electrons. The maximum Gasteiger partial charge on any atom is 0.243 e. The van der Waals surface area contributed by atoms with E-state index < -0.39 is 10.0 Å². The number of benzene rings is 1. The quantitative estimate of drug-likeness (QED) is 0.907. The Balaban J connectivity index is 1.70. The Morgan fingerprint density at radius 2 is 1.83 bits per heavy atom. The van der Waals surface area contributed by atoms with E-state index in [2.05, 4.69) is 5.32 Å². The number of rotatable bonds is 4. The van der Waals surface area contributed by atoms with E-state index in [1.165, 1.54) is 17.1 Å². The van der Waals surface area contributed by atoms with E-state index >= 15 is 0 Å². The molecule has 1 amide bonds. The molecular weight excluding hydrogens is 324 g/mol. The summed E-state index contributed by atoms with van der Waals surface area (Å²) in [7, 11) is -3.53. The number of amides is 1. The molecule has 24 heavy (non-hydrogen) atoms. The highest BCUT2D eigenvalue weighted by Gasteiger charge is 2.34. The van der Waals surface area contributed by atoms with Crippen LogP contribution >= 0.6 is 0 Å². The fourth-order valence-electron chi connectivity index (χ4n) is 3.75. The molecular formula is C18H26N2O3S. The monoisotopic (exact) mass is 350 g/mol. The van der Waals surface area contributed by atoms with Crippen LogP contribution in [0.5, 0.6) is 0 Å². The molecule has 0 radical (unpaired) electrons. The summed E-state index contributed by atoms with van der Waals surface area (Å²) >= 11 is 0. The lowest BCUT2D eigenvalue weighted by molar-refractivity contribution is -0.126. The molecule has 6 heteroatoms. The summed E-state index contributed by atoms with van der Waals surface area (Å²) in [6.45, 7) is 2.58. The third-order valence-corrected chi connectivity index (χ3v) is 7.19. The number of nitrogens with one attached hydrogen (secondary N) is 1. The summed E-state index contributed by atoms with van der Waals surface area (Å²) in [5, 5.41) is 3.11. The third kappa shape index (κ3) is 3.64. The van der Waals surface area contributed by atoms with Gasteiger partial charge in [-0.15, -0.1) is 0 Å². The van der Waals surface area contributed by atoms with Gasteiger partial charge in [0.25, 0.3) is 0 Å². The highest BCUT2D eigenvalue weighted by atomic mass is 32.2. The fraction of sp³-hybridized carbons (Fsp3) is 0.611. The molecule has 0 aromatic heterocycles. The first-order valence-electron chi connectivity index (χ1n) is 8.84. The van der Waals surface area contributed by atoms with E-state index in [0.717, 1.165) is 31.2 Å². The number of nitrogens with zero attached hydrogens (tertiary/aromatic N) is 1. The van der Waals surface area contributed by atoms with Gasteiger partial charge in [0, 0.05) is 19.1 Å². The predicted octanol–water partition coefficient (Wildman–Crippen LogP) is 2.45. The standard InChI is InChI=1S/C18H26N2O3S/c1-14-7-2-5-11-17(14)24(22,23)20-12-6-8-15(13-20)18(21)19-16-9-3-4-10-16/h2,5,7,11,15-16H,3-4,6,8-10,12-13H2,1H3,(H,19,21). The maximum atomic E-state index is 12.9. The number of carbonyl (C=O) groups is 1. The second-order valence-electron chi connectivity index (χ2n) is 6.96. The fourth-order valence-corrected chi connectivity index (χ4v) is 5.50. The molecule has 1 heterocycles. The molecule has 1 aromatic carbocycles. The van der Waals surface area contributed by atoms with Gasteiger partial charge < -0.3 is 5.32 Å². The minimum atomic E-state index is -3.53. The Bertz CT molecular complexity index is 696. The van der Waals surface area contributed by atoms with Gasteiger partial charge in [0.1, 0.15) is 0 Å². The first-order valence-corrected chi connectivity index (χ1v) is 10.3. The van der Waals surface area contributed by atoms with E-state index in [1.807, 2.05) is 6.07 Å². The van der Waals surface area contributed by atoms with Crippen LogP contribution in [0, 0.1) is 12.8 Å². The van der Waals surface area contributed by atoms with Crippen LogP contribution in [0.25, 0.3) is 0 Å². The Kier molecular flexibility index (Phi) is 5.25. The highest BCUT2D eigenvalue weighted by Crippen LogP contribution is 2.26. The maximum absolute atomic E-state index is 12.9. The molecule has 2 aliphatic rings. The summed E-state index contributed by atoms with van der Waals surface area (Å²) in [6.07, 6.45) is 5.92. The first kappa shape index (κ1) is 17.4. The molecule has 0 spiro atoms. The number of hydrogen-bond donors (Lipinski definition) is 1. The molecule has 2 fully saturated rings. The third-order valence-electron chi connectivity index (χ3n) is 5.17. The zero-order chi connectivity index (χ0) is 17.2. The lowest BCUT2D eigenvalue weighted by Crippen LogP contribution is -2.47. The van der Waals surface area contributed by atoms with Gasteiger partial charge in [-0.1, -0.05) is 31.0 Å². The van der Waals surface area contributed by atoms with Gasteiger partial charge in [-0.05, 0) is 44.2 Å². The van der Waals surface area contributed by atoms with Gasteiger partial charge in [-0.3, -0.25) is 4.79 Å². The lowest BCUT2D eigenvalue weighted by atomic mass is 9.98. The van der Waals surface area contributed by atoms with Crippen molar-refractivity contribution >= 4 is 15.9 Å².